The van der Waals surface area contributed by atoms with Crippen molar-refractivity contribution in [2.45, 2.75) is 34.1 Å². The van der Waals surface area contributed by atoms with Gasteiger partial charge in [-0.25, -0.2) is 0 Å². The smallest absolute Gasteiger partial charge is 0.316 e. The maximum absolute atomic E-state index is 12.2. The van der Waals surface area contributed by atoms with Crippen LogP contribution in [-0.4, -0.2) is 11.1 Å². The van der Waals surface area contributed by atoms with Crippen LogP contribution in [0.15, 0.2) is 54.1 Å². The van der Waals surface area contributed by atoms with E-state index in [2.05, 4.69) is 19.8 Å². The van der Waals surface area contributed by atoms with Gasteiger partial charge in [-0.05, 0) is 93.8 Å². The molecule has 1 N–H and O–H groups in total. The van der Waals surface area contributed by atoms with Crippen LogP contribution in [0.3, 0.4) is 0 Å². The number of ether oxygens (including phenoxy) is 1. The van der Waals surface area contributed by atoms with Crippen molar-refractivity contribution >= 4 is 11.5 Å². The van der Waals surface area contributed by atoms with Gasteiger partial charge in [0.15, 0.2) is 0 Å². The van der Waals surface area contributed by atoms with Gasteiger partial charge in [-0.3, -0.25) is 4.79 Å². The molecule has 0 spiro atoms. The van der Waals surface area contributed by atoms with E-state index in [9.17, 15) is 9.90 Å². The van der Waals surface area contributed by atoms with Crippen LogP contribution in [0.2, 0.25) is 0 Å². The molecule has 0 aromatic heterocycles. The average molecular weight is 387 g/mol. The van der Waals surface area contributed by atoms with Gasteiger partial charge in [-0.15, -0.1) is 0 Å². The van der Waals surface area contributed by atoms with Crippen LogP contribution in [-0.2, 0) is 4.79 Å². The van der Waals surface area contributed by atoms with E-state index in [0.29, 0.717) is 5.75 Å². The Morgan fingerprint density at radius 2 is 1.41 bits per heavy atom. The summed E-state index contributed by atoms with van der Waals surface area (Å²) in [6, 6.07) is 14.9. The summed E-state index contributed by atoms with van der Waals surface area (Å²) in [6.45, 7) is 7.65. The third-order valence-corrected chi connectivity index (χ3v) is 4.79. The molecule has 29 heavy (non-hydrogen) atoms. The number of carbonyl (C=O) groups excluding carboxylic acids is 1. The predicted molar refractivity (Wildman–Crippen MR) is 116 cm³/mol. The molecular weight excluding hydrogens is 360 g/mol. The fourth-order valence-electron chi connectivity index (χ4n) is 3.19. The molecule has 3 heteroatoms. The molecule has 149 valence electrons. The molecule has 5 radical (unpaired) electrons. The number of hydrogen-bond donors (Lipinski definition) is 1. The summed E-state index contributed by atoms with van der Waals surface area (Å²) < 4.78 is 5.51. The fourth-order valence-corrected chi connectivity index (χ4v) is 3.19. The van der Waals surface area contributed by atoms with E-state index < -0.39 is 5.41 Å². The second kappa shape index (κ2) is 8.86. The van der Waals surface area contributed by atoms with Crippen LogP contribution in [0.4, 0.5) is 0 Å². The fraction of sp³-hybridized carbons (Fsp3) is 0.231. The van der Waals surface area contributed by atoms with E-state index >= 15 is 0 Å². The molecule has 1 aliphatic rings. The second-order valence-electron chi connectivity index (χ2n) is 8.09. The Morgan fingerprint density at radius 3 is 1.90 bits per heavy atom. The lowest BCUT2D eigenvalue weighted by Gasteiger charge is -2.20. The third kappa shape index (κ3) is 5.09. The second-order valence-corrected chi connectivity index (χ2v) is 8.09. The van der Waals surface area contributed by atoms with E-state index in [1.807, 2.05) is 70.0 Å². The van der Waals surface area contributed by atoms with Crippen molar-refractivity contribution in [3.8, 4) is 11.5 Å². The highest BCUT2D eigenvalue weighted by atomic mass is 16.5. The molecule has 0 saturated heterocycles. The van der Waals surface area contributed by atoms with Crippen LogP contribution in [0.1, 0.15) is 45.2 Å². The van der Waals surface area contributed by atoms with Gasteiger partial charge in [-0.1, -0.05) is 36.8 Å². The van der Waals surface area contributed by atoms with Gasteiger partial charge < -0.3 is 9.84 Å². The van der Waals surface area contributed by atoms with Gasteiger partial charge in [0.1, 0.15) is 11.5 Å². The van der Waals surface area contributed by atoms with Crippen molar-refractivity contribution in [2.75, 3.05) is 0 Å². The number of allylic oxidation sites excluding steroid dienone is 1. The van der Waals surface area contributed by atoms with Crippen LogP contribution in [0.5, 0.6) is 11.5 Å². The quantitative estimate of drug-likeness (QED) is 0.508. The summed E-state index contributed by atoms with van der Waals surface area (Å²) in [4.78, 5) is 12.2. The Morgan fingerprint density at radius 1 is 0.897 bits per heavy atom. The lowest BCUT2D eigenvalue weighted by molar-refractivity contribution is -0.142. The molecule has 1 aliphatic carbocycles. The molecule has 2 aromatic carbocycles. The van der Waals surface area contributed by atoms with Crippen molar-refractivity contribution in [3.63, 3.8) is 0 Å². The van der Waals surface area contributed by atoms with Gasteiger partial charge in [0.05, 0.1) is 5.41 Å². The Bertz CT molecular complexity index is 862. The zero-order valence-corrected chi connectivity index (χ0v) is 17.4. The Balaban J connectivity index is 2.00. The Hall–Kier alpha value is -2.55. The molecule has 0 bridgehead atoms. The molecule has 1 fully saturated rings. The number of aromatic hydroxyl groups is 1. The zero-order valence-electron chi connectivity index (χ0n) is 17.4. The maximum Gasteiger partial charge on any atom is 0.316 e. The largest absolute Gasteiger partial charge is 0.508 e. The summed E-state index contributed by atoms with van der Waals surface area (Å²) in [5.41, 5.74) is 3.83. The lowest BCUT2D eigenvalue weighted by atomic mass is 9.84. The number of rotatable bonds is 5. The summed E-state index contributed by atoms with van der Waals surface area (Å²) in [5.74, 6) is 1.69. The number of carbonyl (C=O) groups is 1. The van der Waals surface area contributed by atoms with Crippen LogP contribution in [0, 0.1) is 37.0 Å². The average Bonchev–Trinajstić information content (AvgIpc) is 3.21. The van der Waals surface area contributed by atoms with Crippen LogP contribution >= 0.6 is 0 Å². The summed E-state index contributed by atoms with van der Waals surface area (Å²) in [6.07, 6.45) is 9.15. The van der Waals surface area contributed by atoms with Crippen LogP contribution in [0.25, 0.3) is 5.57 Å². The molecule has 3 nitrogen and oxygen atoms in total. The highest BCUT2D eigenvalue weighted by Gasteiger charge is 2.25. The standard InChI is InChI=1S/C26H27O3/c1-5-23(18-8-6-7-9-18)24(19-10-14-21(27)15-11-19)20-12-16-22(17-13-20)29-25(28)26(2,3)4/h6-17,27H,5H2,1-4H3/b24-23+. The molecule has 0 aliphatic heterocycles. The van der Waals surface area contributed by atoms with Crippen molar-refractivity contribution in [1.82, 2.24) is 0 Å². The molecule has 0 unspecified atom stereocenters. The van der Waals surface area contributed by atoms with Gasteiger partial charge in [0, 0.05) is 5.92 Å². The molecular formula is C26H27O3. The number of esters is 1. The molecule has 1 saturated carbocycles. The van der Waals surface area contributed by atoms with E-state index in [1.54, 1.807) is 12.1 Å². The SMILES string of the molecule is CC/C([C]1[CH][CH][CH][CH]1)=C(/c1ccc(O)cc1)c1ccc(OC(=O)C(C)(C)C)cc1. The minimum absolute atomic E-state index is 0.240. The first kappa shape index (κ1) is 21.2. The van der Waals surface area contributed by atoms with Crippen molar-refractivity contribution < 1.29 is 14.6 Å². The lowest BCUT2D eigenvalue weighted by Crippen LogP contribution is -2.25. The normalized spacial score (nSPS) is 15.9. The highest BCUT2D eigenvalue weighted by molar-refractivity contribution is 5.86. The topological polar surface area (TPSA) is 46.5 Å². The Labute approximate surface area is 174 Å². The van der Waals surface area contributed by atoms with E-state index in [0.717, 1.165) is 23.1 Å². The monoisotopic (exact) mass is 387 g/mol. The van der Waals surface area contributed by atoms with Crippen molar-refractivity contribution in [3.05, 3.63) is 96.8 Å². The number of phenolic OH excluding ortho intramolecular Hbond substituents is 1. The van der Waals surface area contributed by atoms with Crippen LogP contribution < -0.4 is 4.74 Å². The highest BCUT2D eigenvalue weighted by Crippen LogP contribution is 2.40. The van der Waals surface area contributed by atoms with E-state index in [4.69, 9.17) is 4.74 Å². The molecule has 0 atom stereocenters. The van der Waals surface area contributed by atoms with E-state index in [1.165, 1.54) is 11.5 Å². The summed E-state index contributed by atoms with van der Waals surface area (Å²) >= 11 is 0. The first-order valence-electron chi connectivity index (χ1n) is 9.87. The first-order valence-corrected chi connectivity index (χ1v) is 9.87. The zero-order chi connectivity index (χ0) is 21.0. The molecule has 0 heterocycles. The molecule has 3 rings (SSSR count). The Kier molecular flexibility index (Phi) is 6.46. The van der Waals surface area contributed by atoms with Gasteiger partial charge >= 0.3 is 5.97 Å². The summed E-state index contributed by atoms with van der Waals surface area (Å²) in [5, 5.41) is 9.71. The van der Waals surface area contributed by atoms with Gasteiger partial charge in [-0.2, -0.15) is 0 Å². The van der Waals surface area contributed by atoms with Crippen molar-refractivity contribution in [1.29, 1.82) is 0 Å². The minimum Gasteiger partial charge on any atom is -0.508 e. The molecule has 2 aromatic rings. The van der Waals surface area contributed by atoms with Gasteiger partial charge in [0.25, 0.3) is 0 Å². The number of hydrogen-bond acceptors (Lipinski definition) is 3. The minimum atomic E-state index is -0.553. The summed E-state index contributed by atoms with van der Waals surface area (Å²) in [7, 11) is 0. The third-order valence-electron chi connectivity index (χ3n) is 4.79. The molecule has 0 amide bonds. The van der Waals surface area contributed by atoms with E-state index in [-0.39, 0.29) is 11.7 Å². The van der Waals surface area contributed by atoms with Gasteiger partial charge in [0.2, 0.25) is 0 Å². The number of phenols is 1. The first-order chi connectivity index (χ1) is 13.8. The van der Waals surface area contributed by atoms with Crippen molar-refractivity contribution in [2.24, 2.45) is 5.41 Å². The number of benzene rings is 2. The maximum atomic E-state index is 12.2. The predicted octanol–water partition coefficient (Wildman–Crippen LogP) is 5.96.